The van der Waals surface area contributed by atoms with Crippen LogP contribution in [0.3, 0.4) is 0 Å². The van der Waals surface area contributed by atoms with E-state index in [1.54, 1.807) is 0 Å². The summed E-state index contributed by atoms with van der Waals surface area (Å²) in [6.45, 7) is 0.509. The zero-order valence-electron chi connectivity index (χ0n) is 9.52. The molecule has 0 amide bonds. The lowest BCUT2D eigenvalue weighted by Crippen LogP contribution is -2.17. The van der Waals surface area contributed by atoms with Crippen molar-refractivity contribution >= 4 is 5.78 Å². The van der Waals surface area contributed by atoms with Crippen molar-refractivity contribution in [3.8, 4) is 5.75 Å². The summed E-state index contributed by atoms with van der Waals surface area (Å²) in [5.41, 5.74) is 0. The van der Waals surface area contributed by atoms with Gasteiger partial charge in [-0.2, -0.15) is 0 Å². The SMILES string of the molecule is O=C(CCOc1ccccc1)CC1CCC1. The number of ketones is 1. The van der Waals surface area contributed by atoms with Crippen LogP contribution in [-0.2, 0) is 4.79 Å². The highest BCUT2D eigenvalue weighted by Gasteiger charge is 2.20. The standard InChI is InChI=1S/C14H18O2/c15-13(11-12-5-4-6-12)9-10-16-14-7-2-1-3-8-14/h1-3,7-8,12H,4-6,9-11H2. The highest BCUT2D eigenvalue weighted by atomic mass is 16.5. The average molecular weight is 218 g/mol. The quantitative estimate of drug-likeness (QED) is 0.732. The molecule has 0 aliphatic heterocycles. The number of hydrogen-bond donors (Lipinski definition) is 0. The van der Waals surface area contributed by atoms with Crippen molar-refractivity contribution in [3.63, 3.8) is 0 Å². The Balaban J connectivity index is 1.62. The largest absolute Gasteiger partial charge is 0.493 e. The molecule has 1 aliphatic rings. The number of hydrogen-bond acceptors (Lipinski definition) is 2. The van der Waals surface area contributed by atoms with E-state index in [9.17, 15) is 4.79 Å². The number of Topliss-reactive ketones (excluding diaryl/α,β-unsaturated/α-hetero) is 1. The van der Waals surface area contributed by atoms with Gasteiger partial charge in [0, 0.05) is 12.8 Å². The number of ether oxygens (including phenoxy) is 1. The molecule has 0 atom stereocenters. The van der Waals surface area contributed by atoms with Crippen LogP contribution in [0.5, 0.6) is 5.75 Å². The monoisotopic (exact) mass is 218 g/mol. The van der Waals surface area contributed by atoms with Crippen molar-refractivity contribution in [3.05, 3.63) is 30.3 Å². The Morgan fingerprint density at radius 1 is 1.25 bits per heavy atom. The van der Waals surface area contributed by atoms with E-state index in [2.05, 4.69) is 0 Å². The lowest BCUT2D eigenvalue weighted by molar-refractivity contribution is -0.121. The lowest BCUT2D eigenvalue weighted by atomic mass is 9.81. The minimum absolute atomic E-state index is 0.348. The van der Waals surface area contributed by atoms with Crippen LogP contribution in [0, 0.1) is 5.92 Å². The molecule has 1 aliphatic carbocycles. The van der Waals surface area contributed by atoms with Crippen molar-refractivity contribution in [2.24, 2.45) is 5.92 Å². The van der Waals surface area contributed by atoms with E-state index in [1.165, 1.54) is 19.3 Å². The third kappa shape index (κ3) is 3.37. The fourth-order valence-electron chi connectivity index (χ4n) is 1.92. The average Bonchev–Trinajstić information content (AvgIpc) is 2.25. The van der Waals surface area contributed by atoms with E-state index in [0.29, 0.717) is 24.7 Å². The first-order valence-corrected chi connectivity index (χ1v) is 6.04. The summed E-state index contributed by atoms with van der Waals surface area (Å²) in [5, 5.41) is 0. The van der Waals surface area contributed by atoms with E-state index < -0.39 is 0 Å². The van der Waals surface area contributed by atoms with Gasteiger partial charge in [0.25, 0.3) is 0 Å². The topological polar surface area (TPSA) is 26.3 Å². The van der Waals surface area contributed by atoms with Gasteiger partial charge in [0.1, 0.15) is 11.5 Å². The normalized spacial score (nSPS) is 15.5. The Morgan fingerprint density at radius 2 is 2.00 bits per heavy atom. The molecule has 0 heterocycles. The number of benzene rings is 1. The third-order valence-electron chi connectivity index (χ3n) is 3.13. The van der Waals surface area contributed by atoms with Crippen molar-refractivity contribution in [2.45, 2.75) is 32.1 Å². The molecule has 0 radical (unpaired) electrons. The first-order chi connectivity index (χ1) is 7.84. The summed E-state index contributed by atoms with van der Waals surface area (Å²) in [6.07, 6.45) is 5.10. The van der Waals surface area contributed by atoms with Crippen LogP contribution in [0.25, 0.3) is 0 Å². The van der Waals surface area contributed by atoms with Gasteiger partial charge in [-0.05, 0) is 18.1 Å². The molecule has 1 aromatic rings. The van der Waals surface area contributed by atoms with E-state index in [-0.39, 0.29) is 0 Å². The summed E-state index contributed by atoms with van der Waals surface area (Å²) in [4.78, 5) is 11.6. The van der Waals surface area contributed by atoms with Gasteiger partial charge < -0.3 is 4.74 Å². The molecule has 0 bridgehead atoms. The van der Waals surface area contributed by atoms with Gasteiger partial charge in [-0.25, -0.2) is 0 Å². The van der Waals surface area contributed by atoms with Crippen LogP contribution in [0.15, 0.2) is 30.3 Å². The number of para-hydroxylation sites is 1. The second kappa shape index (κ2) is 5.69. The molecule has 2 heteroatoms. The fourth-order valence-corrected chi connectivity index (χ4v) is 1.92. The molecule has 86 valence electrons. The number of rotatable bonds is 6. The first kappa shape index (κ1) is 11.2. The van der Waals surface area contributed by atoms with E-state index >= 15 is 0 Å². The van der Waals surface area contributed by atoms with Gasteiger partial charge in [0.05, 0.1) is 6.61 Å². The second-order valence-electron chi connectivity index (χ2n) is 4.45. The summed E-state index contributed by atoms with van der Waals surface area (Å²) in [6, 6.07) is 9.65. The Bertz CT molecular complexity index is 328. The van der Waals surface area contributed by atoms with Crippen LogP contribution in [-0.4, -0.2) is 12.4 Å². The number of carbonyl (C=O) groups excluding carboxylic acids is 1. The van der Waals surface area contributed by atoms with Crippen LogP contribution in [0.4, 0.5) is 0 Å². The van der Waals surface area contributed by atoms with Crippen LogP contribution in [0.2, 0.25) is 0 Å². The maximum atomic E-state index is 11.6. The molecular weight excluding hydrogens is 200 g/mol. The predicted octanol–water partition coefficient (Wildman–Crippen LogP) is 3.21. The van der Waals surface area contributed by atoms with Gasteiger partial charge in [0.15, 0.2) is 0 Å². The highest BCUT2D eigenvalue weighted by molar-refractivity contribution is 5.78. The molecule has 0 aromatic heterocycles. The Labute approximate surface area is 96.6 Å². The van der Waals surface area contributed by atoms with Crippen LogP contribution < -0.4 is 4.74 Å². The molecule has 0 saturated heterocycles. The molecule has 0 unspecified atom stereocenters. The lowest BCUT2D eigenvalue weighted by Gasteiger charge is -2.24. The molecule has 2 rings (SSSR count). The van der Waals surface area contributed by atoms with Gasteiger partial charge >= 0.3 is 0 Å². The first-order valence-electron chi connectivity index (χ1n) is 6.04. The minimum Gasteiger partial charge on any atom is -0.493 e. The third-order valence-corrected chi connectivity index (χ3v) is 3.13. The zero-order valence-corrected chi connectivity index (χ0v) is 9.52. The fraction of sp³-hybridized carbons (Fsp3) is 0.500. The molecule has 0 N–H and O–H groups in total. The van der Waals surface area contributed by atoms with Gasteiger partial charge in [0.2, 0.25) is 0 Å². The minimum atomic E-state index is 0.348. The highest BCUT2D eigenvalue weighted by Crippen LogP contribution is 2.29. The molecule has 1 saturated carbocycles. The van der Waals surface area contributed by atoms with Crippen molar-refractivity contribution < 1.29 is 9.53 Å². The molecular formula is C14H18O2. The predicted molar refractivity (Wildman–Crippen MR) is 63.5 cm³/mol. The van der Waals surface area contributed by atoms with Gasteiger partial charge in [-0.15, -0.1) is 0 Å². The summed E-state index contributed by atoms with van der Waals surface area (Å²) in [7, 11) is 0. The van der Waals surface area contributed by atoms with Gasteiger partial charge in [-0.1, -0.05) is 37.5 Å². The van der Waals surface area contributed by atoms with E-state index in [0.717, 1.165) is 12.2 Å². The Hall–Kier alpha value is -1.31. The molecule has 16 heavy (non-hydrogen) atoms. The number of carbonyl (C=O) groups is 1. The smallest absolute Gasteiger partial charge is 0.136 e. The van der Waals surface area contributed by atoms with Crippen LogP contribution in [0.1, 0.15) is 32.1 Å². The van der Waals surface area contributed by atoms with Crippen molar-refractivity contribution in [1.29, 1.82) is 0 Å². The molecule has 1 aromatic carbocycles. The Kier molecular flexibility index (Phi) is 3.97. The Morgan fingerprint density at radius 3 is 2.62 bits per heavy atom. The van der Waals surface area contributed by atoms with Crippen LogP contribution >= 0.6 is 0 Å². The summed E-state index contributed by atoms with van der Waals surface area (Å²) in [5.74, 6) is 1.86. The zero-order chi connectivity index (χ0) is 11.2. The molecule has 0 spiro atoms. The summed E-state index contributed by atoms with van der Waals surface area (Å²) >= 11 is 0. The van der Waals surface area contributed by atoms with Crippen molar-refractivity contribution in [2.75, 3.05) is 6.61 Å². The van der Waals surface area contributed by atoms with E-state index in [1.807, 2.05) is 30.3 Å². The summed E-state index contributed by atoms with van der Waals surface area (Å²) < 4.78 is 5.49. The molecule has 2 nitrogen and oxygen atoms in total. The van der Waals surface area contributed by atoms with Crippen molar-refractivity contribution in [1.82, 2.24) is 0 Å². The maximum Gasteiger partial charge on any atom is 0.136 e. The van der Waals surface area contributed by atoms with Gasteiger partial charge in [-0.3, -0.25) is 4.79 Å². The second-order valence-corrected chi connectivity index (χ2v) is 4.45. The maximum absolute atomic E-state index is 11.6. The molecule has 1 fully saturated rings. The van der Waals surface area contributed by atoms with E-state index in [4.69, 9.17) is 4.74 Å².